The van der Waals surface area contributed by atoms with Gasteiger partial charge in [0.2, 0.25) is 11.8 Å². The monoisotopic (exact) mass is 332 g/mol. The quantitative estimate of drug-likeness (QED) is 0.869. The molecule has 1 aromatic heterocycles. The number of fused-ring (bicyclic) bond motifs is 1. The second kappa shape index (κ2) is 7.21. The summed E-state index contributed by atoms with van der Waals surface area (Å²) >= 11 is 0. The van der Waals surface area contributed by atoms with Gasteiger partial charge >= 0.3 is 0 Å². The molecule has 0 fully saturated rings. The average molecular weight is 333 g/mol. The number of rotatable bonds is 2. The van der Waals surface area contributed by atoms with Crippen molar-refractivity contribution in [1.82, 2.24) is 4.98 Å². The van der Waals surface area contributed by atoms with Gasteiger partial charge in [0, 0.05) is 12.4 Å². The molecule has 1 atom stereocenters. The van der Waals surface area contributed by atoms with Crippen molar-refractivity contribution in [3.05, 3.63) is 54.4 Å². The third-order valence-electron chi connectivity index (χ3n) is 3.55. The van der Waals surface area contributed by atoms with E-state index in [0.29, 0.717) is 11.4 Å². The van der Waals surface area contributed by atoms with Crippen LogP contribution in [0.2, 0.25) is 0 Å². The zero-order chi connectivity index (χ0) is 15.5. The number of nitrogens with one attached hydrogen (secondary N) is 1. The van der Waals surface area contributed by atoms with Crippen molar-refractivity contribution in [3.8, 4) is 0 Å². The number of halogens is 1. The van der Waals surface area contributed by atoms with E-state index < -0.39 is 6.04 Å². The molecule has 0 aliphatic carbocycles. The second-order valence-corrected chi connectivity index (χ2v) is 5.16. The molecule has 23 heavy (non-hydrogen) atoms. The number of para-hydroxylation sites is 2. The summed E-state index contributed by atoms with van der Waals surface area (Å²) in [5, 5.41) is 2.75. The Bertz CT molecular complexity index is 708. The Morgan fingerprint density at radius 1 is 1.30 bits per heavy atom. The summed E-state index contributed by atoms with van der Waals surface area (Å²) in [5.74, 6) is -0.406. The van der Waals surface area contributed by atoms with Gasteiger partial charge in [0.25, 0.3) is 0 Å². The first kappa shape index (κ1) is 16.9. The Balaban J connectivity index is 0.00000192. The van der Waals surface area contributed by atoms with Crippen molar-refractivity contribution in [2.24, 2.45) is 5.73 Å². The molecule has 120 valence electrons. The fraction of sp³-hybridized carbons (Fsp3) is 0.188. The van der Waals surface area contributed by atoms with Crippen molar-refractivity contribution in [2.45, 2.75) is 12.5 Å². The van der Waals surface area contributed by atoms with Crippen molar-refractivity contribution in [1.29, 1.82) is 0 Å². The van der Waals surface area contributed by atoms with Gasteiger partial charge in [-0.1, -0.05) is 18.2 Å². The molecule has 1 aliphatic rings. The van der Waals surface area contributed by atoms with Crippen molar-refractivity contribution < 1.29 is 9.59 Å². The van der Waals surface area contributed by atoms with E-state index in [1.807, 2.05) is 12.1 Å². The van der Waals surface area contributed by atoms with Crippen LogP contribution in [0.15, 0.2) is 48.8 Å². The van der Waals surface area contributed by atoms with E-state index in [1.165, 1.54) is 0 Å². The van der Waals surface area contributed by atoms with Crippen LogP contribution in [0, 0.1) is 0 Å². The number of carbonyl (C=O) groups is 2. The maximum Gasteiger partial charge on any atom is 0.243 e. The second-order valence-electron chi connectivity index (χ2n) is 5.16. The van der Waals surface area contributed by atoms with E-state index >= 15 is 0 Å². The Morgan fingerprint density at radius 2 is 2.09 bits per heavy atom. The fourth-order valence-corrected chi connectivity index (χ4v) is 2.43. The SMILES string of the molecule is Cl.NC1CN(C(=O)Cc2cccnc2)c2ccccc2NC1=O. The number of hydrogen-bond acceptors (Lipinski definition) is 4. The number of hydrogen-bond donors (Lipinski definition) is 2. The van der Waals surface area contributed by atoms with Gasteiger partial charge in [-0.05, 0) is 23.8 Å². The van der Waals surface area contributed by atoms with E-state index in [0.717, 1.165) is 5.56 Å². The molecule has 7 heteroatoms. The lowest BCUT2D eigenvalue weighted by Crippen LogP contribution is -2.45. The van der Waals surface area contributed by atoms with Crippen LogP contribution in [0.4, 0.5) is 11.4 Å². The predicted molar refractivity (Wildman–Crippen MR) is 90.6 cm³/mol. The largest absolute Gasteiger partial charge is 0.323 e. The first-order chi connectivity index (χ1) is 10.6. The summed E-state index contributed by atoms with van der Waals surface area (Å²) < 4.78 is 0. The Hall–Kier alpha value is -2.44. The zero-order valence-corrected chi connectivity index (χ0v) is 13.1. The Morgan fingerprint density at radius 3 is 2.83 bits per heavy atom. The molecule has 0 bridgehead atoms. The van der Waals surface area contributed by atoms with Crippen LogP contribution in [-0.2, 0) is 16.0 Å². The molecule has 0 spiro atoms. The van der Waals surface area contributed by atoms with Gasteiger partial charge < -0.3 is 16.0 Å². The molecule has 1 unspecified atom stereocenters. The van der Waals surface area contributed by atoms with Gasteiger partial charge in [-0.15, -0.1) is 12.4 Å². The highest BCUT2D eigenvalue weighted by Crippen LogP contribution is 2.28. The van der Waals surface area contributed by atoms with Crippen LogP contribution in [0.5, 0.6) is 0 Å². The lowest BCUT2D eigenvalue weighted by Gasteiger charge is -2.23. The molecule has 0 saturated heterocycles. The van der Waals surface area contributed by atoms with Crippen molar-refractivity contribution in [3.63, 3.8) is 0 Å². The summed E-state index contributed by atoms with van der Waals surface area (Å²) in [6.45, 7) is 0.155. The normalized spacial score (nSPS) is 16.7. The van der Waals surface area contributed by atoms with Crippen LogP contribution in [0.25, 0.3) is 0 Å². The van der Waals surface area contributed by atoms with Crippen LogP contribution in [0.1, 0.15) is 5.56 Å². The molecule has 3 rings (SSSR count). The number of nitrogens with two attached hydrogens (primary N) is 1. The average Bonchev–Trinajstić information content (AvgIpc) is 2.66. The molecule has 3 N–H and O–H groups in total. The molecular weight excluding hydrogens is 316 g/mol. The highest BCUT2D eigenvalue weighted by atomic mass is 35.5. The minimum atomic E-state index is -0.759. The predicted octanol–water partition coefficient (Wildman–Crippen LogP) is 1.36. The third-order valence-corrected chi connectivity index (χ3v) is 3.55. The third kappa shape index (κ3) is 3.67. The number of anilines is 2. The fourth-order valence-electron chi connectivity index (χ4n) is 2.43. The van der Waals surface area contributed by atoms with E-state index in [4.69, 9.17) is 5.73 Å². The molecule has 0 radical (unpaired) electrons. The van der Waals surface area contributed by atoms with Crippen LogP contribution < -0.4 is 16.0 Å². The maximum absolute atomic E-state index is 12.6. The molecule has 0 saturated carbocycles. The lowest BCUT2D eigenvalue weighted by molar-refractivity contribution is -0.118. The lowest BCUT2D eigenvalue weighted by atomic mass is 10.1. The smallest absolute Gasteiger partial charge is 0.243 e. The number of nitrogens with zero attached hydrogens (tertiary/aromatic N) is 2. The molecule has 2 heterocycles. The summed E-state index contributed by atoms with van der Waals surface area (Å²) in [6, 6.07) is 10.1. The van der Waals surface area contributed by atoms with Crippen LogP contribution in [-0.4, -0.2) is 29.4 Å². The van der Waals surface area contributed by atoms with Gasteiger partial charge in [-0.25, -0.2) is 0 Å². The highest BCUT2D eigenvalue weighted by Gasteiger charge is 2.28. The number of amides is 2. The van der Waals surface area contributed by atoms with Gasteiger partial charge in [-0.3, -0.25) is 14.6 Å². The topological polar surface area (TPSA) is 88.3 Å². The van der Waals surface area contributed by atoms with E-state index in [-0.39, 0.29) is 37.2 Å². The Kier molecular flexibility index (Phi) is 5.31. The molecule has 2 aromatic rings. The number of carbonyl (C=O) groups excluding carboxylic acids is 2. The number of benzene rings is 1. The maximum atomic E-state index is 12.6. The van der Waals surface area contributed by atoms with Crippen LogP contribution >= 0.6 is 12.4 Å². The van der Waals surface area contributed by atoms with E-state index in [1.54, 1.807) is 41.6 Å². The Labute approximate surface area is 140 Å². The van der Waals surface area contributed by atoms with Crippen molar-refractivity contribution >= 4 is 35.6 Å². The van der Waals surface area contributed by atoms with Gasteiger partial charge in [0.15, 0.2) is 0 Å². The molecular formula is C16H17ClN4O2. The van der Waals surface area contributed by atoms with E-state index in [9.17, 15) is 9.59 Å². The highest BCUT2D eigenvalue weighted by molar-refractivity contribution is 6.06. The number of pyridine rings is 1. The van der Waals surface area contributed by atoms with E-state index in [2.05, 4.69) is 10.3 Å². The zero-order valence-electron chi connectivity index (χ0n) is 12.3. The summed E-state index contributed by atoms with van der Waals surface area (Å²) in [4.78, 5) is 30.1. The van der Waals surface area contributed by atoms with Crippen molar-refractivity contribution in [2.75, 3.05) is 16.8 Å². The van der Waals surface area contributed by atoms with Gasteiger partial charge in [0.05, 0.1) is 24.3 Å². The minimum Gasteiger partial charge on any atom is -0.323 e. The van der Waals surface area contributed by atoms with Gasteiger partial charge in [0.1, 0.15) is 6.04 Å². The summed E-state index contributed by atoms with van der Waals surface area (Å²) in [7, 11) is 0. The number of aromatic nitrogens is 1. The van der Waals surface area contributed by atoms with Crippen LogP contribution in [0.3, 0.4) is 0 Å². The first-order valence-electron chi connectivity index (χ1n) is 7.00. The minimum absolute atomic E-state index is 0. The molecule has 2 amide bonds. The van der Waals surface area contributed by atoms with Gasteiger partial charge in [-0.2, -0.15) is 0 Å². The summed E-state index contributed by atoms with van der Waals surface area (Å²) in [6.07, 6.45) is 3.53. The summed E-state index contributed by atoms with van der Waals surface area (Å²) in [5.41, 5.74) is 7.94. The molecule has 6 nitrogen and oxygen atoms in total. The standard InChI is InChI=1S/C16H16N4O2.ClH/c17-12-10-20(15(21)8-11-4-3-7-18-9-11)14-6-2-1-5-13(14)19-16(12)22;/h1-7,9,12H,8,10,17H2,(H,19,22);1H. The molecule has 1 aromatic carbocycles. The first-order valence-corrected chi connectivity index (χ1v) is 7.00. The molecule has 1 aliphatic heterocycles.